The summed E-state index contributed by atoms with van der Waals surface area (Å²) in [5, 5.41) is 2.83. The second kappa shape index (κ2) is 8.04. The van der Waals surface area contributed by atoms with Crippen LogP contribution in [0.4, 0.5) is 5.69 Å². The van der Waals surface area contributed by atoms with Gasteiger partial charge in [-0.3, -0.25) is 19.6 Å². The molecule has 1 amide bonds. The molecule has 0 aromatic carbocycles. The van der Waals surface area contributed by atoms with E-state index < -0.39 is 0 Å². The first-order chi connectivity index (χ1) is 13.7. The van der Waals surface area contributed by atoms with E-state index in [1.54, 1.807) is 30.9 Å². The Balaban J connectivity index is 1.53. The van der Waals surface area contributed by atoms with E-state index in [4.69, 9.17) is 4.74 Å². The number of amides is 1. The first-order valence-electron chi connectivity index (χ1n) is 9.23. The number of carbonyl (C=O) groups excluding carboxylic acids is 2. The van der Waals surface area contributed by atoms with Gasteiger partial charge in [-0.15, -0.1) is 0 Å². The van der Waals surface area contributed by atoms with Gasteiger partial charge < -0.3 is 15.0 Å². The van der Waals surface area contributed by atoms with Crippen molar-refractivity contribution in [2.24, 2.45) is 0 Å². The van der Waals surface area contributed by atoms with Crippen molar-refractivity contribution in [3.05, 3.63) is 71.6 Å². The lowest BCUT2D eigenvalue weighted by atomic mass is 10.0. The zero-order valence-electron chi connectivity index (χ0n) is 15.3. The van der Waals surface area contributed by atoms with Gasteiger partial charge in [0.05, 0.1) is 17.3 Å². The van der Waals surface area contributed by atoms with Crippen LogP contribution in [0.1, 0.15) is 51.2 Å². The molecule has 7 heteroatoms. The molecule has 4 rings (SSSR count). The fourth-order valence-corrected chi connectivity index (χ4v) is 3.31. The molecule has 28 heavy (non-hydrogen) atoms. The van der Waals surface area contributed by atoms with E-state index in [1.807, 2.05) is 12.1 Å². The number of nitrogens with zero attached hydrogens (tertiary/aromatic N) is 2. The maximum atomic E-state index is 12.9. The minimum absolute atomic E-state index is 0.0122. The Hall–Kier alpha value is -3.48. The summed E-state index contributed by atoms with van der Waals surface area (Å²) in [6.07, 6.45) is 11.2. The lowest BCUT2D eigenvalue weighted by Crippen LogP contribution is -2.16. The van der Waals surface area contributed by atoms with E-state index in [2.05, 4.69) is 20.3 Å². The monoisotopic (exact) mass is 376 g/mol. The van der Waals surface area contributed by atoms with Crippen molar-refractivity contribution in [3.8, 4) is 5.75 Å². The number of fused-ring (bicyclic) bond motifs is 1. The van der Waals surface area contributed by atoms with Gasteiger partial charge in [0.1, 0.15) is 18.0 Å². The van der Waals surface area contributed by atoms with Crippen LogP contribution in [-0.4, -0.2) is 26.6 Å². The van der Waals surface area contributed by atoms with E-state index in [9.17, 15) is 9.59 Å². The summed E-state index contributed by atoms with van der Waals surface area (Å²) in [7, 11) is 0. The molecule has 142 valence electrons. The Morgan fingerprint density at radius 1 is 1.14 bits per heavy atom. The van der Waals surface area contributed by atoms with Crippen molar-refractivity contribution in [2.45, 2.75) is 32.3 Å². The van der Waals surface area contributed by atoms with Gasteiger partial charge in [-0.1, -0.05) is 6.07 Å². The second-order valence-corrected chi connectivity index (χ2v) is 6.66. The zero-order chi connectivity index (χ0) is 19.3. The molecule has 0 unspecified atom stereocenters. The number of anilines is 1. The highest BCUT2D eigenvalue weighted by Gasteiger charge is 2.25. The number of hydrogen-bond donors (Lipinski definition) is 2. The molecule has 7 nitrogen and oxygen atoms in total. The van der Waals surface area contributed by atoms with Gasteiger partial charge in [-0.2, -0.15) is 0 Å². The summed E-state index contributed by atoms with van der Waals surface area (Å²) < 4.78 is 5.83. The molecule has 0 bridgehead atoms. The highest BCUT2D eigenvalue weighted by Crippen LogP contribution is 2.27. The average Bonchev–Trinajstić information content (AvgIpc) is 3.07. The number of ether oxygens (including phenoxy) is 1. The molecule has 1 aliphatic carbocycles. The maximum absolute atomic E-state index is 12.9. The molecule has 0 radical (unpaired) electrons. The van der Waals surface area contributed by atoms with Gasteiger partial charge in [-0.05, 0) is 25.3 Å². The SMILES string of the molecule is O=C(Nc1cnccc1OCc1cccnc1)c1c[nH]c2c1C(=O)CCCC2. The summed E-state index contributed by atoms with van der Waals surface area (Å²) in [5.41, 5.74) is 3.08. The lowest BCUT2D eigenvalue weighted by molar-refractivity contribution is 0.0965. The van der Waals surface area contributed by atoms with E-state index in [0.29, 0.717) is 35.6 Å². The number of nitrogens with one attached hydrogen (secondary N) is 2. The first-order valence-corrected chi connectivity index (χ1v) is 9.23. The molecule has 2 N–H and O–H groups in total. The number of Topliss-reactive ketones (excluding diaryl/α,β-unsaturated/α-hetero) is 1. The summed E-state index contributed by atoms with van der Waals surface area (Å²) >= 11 is 0. The number of aromatic amines is 1. The Labute approximate surface area is 162 Å². The fraction of sp³-hybridized carbons (Fsp3) is 0.238. The van der Waals surface area contributed by atoms with Crippen molar-refractivity contribution in [1.29, 1.82) is 0 Å². The van der Waals surface area contributed by atoms with Crippen LogP contribution in [0.15, 0.2) is 49.2 Å². The number of carbonyl (C=O) groups is 2. The maximum Gasteiger partial charge on any atom is 0.258 e. The molecule has 0 spiro atoms. The molecule has 0 saturated heterocycles. The fourth-order valence-electron chi connectivity index (χ4n) is 3.31. The number of H-pyrrole nitrogens is 1. The summed E-state index contributed by atoms with van der Waals surface area (Å²) in [6, 6.07) is 5.43. The van der Waals surface area contributed by atoms with E-state index >= 15 is 0 Å². The highest BCUT2D eigenvalue weighted by atomic mass is 16.5. The quantitative estimate of drug-likeness (QED) is 0.664. The smallest absolute Gasteiger partial charge is 0.258 e. The molecule has 0 fully saturated rings. The summed E-state index contributed by atoms with van der Waals surface area (Å²) in [4.78, 5) is 36.5. The number of hydrogen-bond acceptors (Lipinski definition) is 5. The van der Waals surface area contributed by atoms with Gasteiger partial charge in [0.25, 0.3) is 5.91 Å². The largest absolute Gasteiger partial charge is 0.487 e. The molecule has 3 aromatic heterocycles. The third kappa shape index (κ3) is 3.78. The molecular weight excluding hydrogens is 356 g/mol. The van der Waals surface area contributed by atoms with Crippen LogP contribution in [0.2, 0.25) is 0 Å². The van der Waals surface area contributed by atoms with Crippen LogP contribution in [0.5, 0.6) is 5.75 Å². The predicted molar refractivity (Wildman–Crippen MR) is 103 cm³/mol. The molecule has 0 aliphatic heterocycles. The van der Waals surface area contributed by atoms with E-state index in [-0.39, 0.29) is 11.7 Å². The topological polar surface area (TPSA) is 97.0 Å². The van der Waals surface area contributed by atoms with E-state index in [0.717, 1.165) is 30.5 Å². The third-order valence-electron chi connectivity index (χ3n) is 4.71. The standard InChI is InChI=1S/C21H20N4O3/c26-18-6-2-1-5-16-20(18)15(11-24-16)21(27)25-17-12-23-9-7-19(17)28-13-14-4-3-8-22-10-14/h3-4,7-12,24H,1-2,5-6,13H2,(H,25,27). The normalized spacial score (nSPS) is 13.5. The Bertz CT molecular complexity index is 998. The second-order valence-electron chi connectivity index (χ2n) is 6.66. The molecule has 3 heterocycles. The van der Waals surface area contributed by atoms with Gasteiger partial charge in [0.15, 0.2) is 5.78 Å². The minimum atomic E-state index is -0.355. The number of ketones is 1. The van der Waals surface area contributed by atoms with Crippen molar-refractivity contribution in [3.63, 3.8) is 0 Å². The van der Waals surface area contributed by atoms with Crippen LogP contribution in [0, 0.1) is 0 Å². The third-order valence-corrected chi connectivity index (χ3v) is 4.71. The molecule has 3 aromatic rings. The number of aromatic nitrogens is 3. The van der Waals surface area contributed by atoms with Crippen LogP contribution in [0.3, 0.4) is 0 Å². The molecule has 0 atom stereocenters. The van der Waals surface area contributed by atoms with Crippen LogP contribution < -0.4 is 10.1 Å². The Kier molecular flexibility index (Phi) is 5.14. The first kappa shape index (κ1) is 17.9. The number of pyridine rings is 2. The van der Waals surface area contributed by atoms with Crippen LogP contribution in [0.25, 0.3) is 0 Å². The highest BCUT2D eigenvalue weighted by molar-refractivity contribution is 6.13. The van der Waals surface area contributed by atoms with Crippen LogP contribution >= 0.6 is 0 Å². The molecular formula is C21H20N4O3. The van der Waals surface area contributed by atoms with Crippen molar-refractivity contribution in [2.75, 3.05) is 5.32 Å². The summed E-state index contributed by atoms with van der Waals surface area (Å²) in [5.74, 6) is 0.158. The summed E-state index contributed by atoms with van der Waals surface area (Å²) in [6.45, 7) is 0.318. The van der Waals surface area contributed by atoms with Gasteiger partial charge in [-0.25, -0.2) is 0 Å². The minimum Gasteiger partial charge on any atom is -0.487 e. The van der Waals surface area contributed by atoms with Gasteiger partial charge in [0.2, 0.25) is 0 Å². The van der Waals surface area contributed by atoms with Gasteiger partial charge in [0, 0.05) is 48.5 Å². The molecule has 0 saturated carbocycles. The lowest BCUT2D eigenvalue weighted by Gasteiger charge is -2.12. The zero-order valence-corrected chi connectivity index (χ0v) is 15.3. The Morgan fingerprint density at radius 2 is 2.00 bits per heavy atom. The van der Waals surface area contributed by atoms with Crippen molar-refractivity contribution in [1.82, 2.24) is 15.0 Å². The van der Waals surface area contributed by atoms with E-state index in [1.165, 1.54) is 6.20 Å². The number of rotatable bonds is 5. The van der Waals surface area contributed by atoms with Crippen molar-refractivity contribution < 1.29 is 14.3 Å². The molecule has 1 aliphatic rings. The average molecular weight is 376 g/mol. The van der Waals surface area contributed by atoms with Crippen molar-refractivity contribution >= 4 is 17.4 Å². The predicted octanol–water partition coefficient (Wildman–Crippen LogP) is 3.55. The Morgan fingerprint density at radius 3 is 2.86 bits per heavy atom. The van der Waals surface area contributed by atoms with Gasteiger partial charge >= 0.3 is 0 Å². The number of aryl methyl sites for hydroxylation is 1. The van der Waals surface area contributed by atoms with Crippen LogP contribution in [-0.2, 0) is 13.0 Å².